The highest BCUT2D eigenvalue weighted by atomic mass is 14.0. The van der Waals surface area contributed by atoms with Crippen LogP contribution in [0.15, 0.2) is 23.8 Å². The molecule has 0 aromatic carbocycles. The largest absolute Gasteiger partial charge is 0.0843 e. The first-order valence-corrected chi connectivity index (χ1v) is 4.79. The maximum absolute atomic E-state index is 2.36. The molecule has 0 unspecified atom stereocenters. The Balaban J connectivity index is 2.13. The lowest BCUT2D eigenvalue weighted by molar-refractivity contribution is 0.813. The van der Waals surface area contributed by atoms with Crippen molar-refractivity contribution in [3.8, 4) is 0 Å². The minimum Gasteiger partial charge on any atom is -0.0843 e. The van der Waals surface area contributed by atoms with Crippen LogP contribution in [0.4, 0.5) is 0 Å². The summed E-state index contributed by atoms with van der Waals surface area (Å²) in [5, 5.41) is 0. The second kappa shape index (κ2) is 5.17. The summed E-state index contributed by atoms with van der Waals surface area (Å²) in [6.07, 6.45) is 14.9. The highest BCUT2D eigenvalue weighted by Gasteiger charge is 1.98. The predicted molar refractivity (Wildman–Crippen MR) is 50.6 cm³/mol. The Morgan fingerprint density at radius 1 is 1.55 bits per heavy atom. The molecule has 11 heavy (non-hydrogen) atoms. The van der Waals surface area contributed by atoms with Crippen LogP contribution in [0.1, 0.15) is 45.4 Å². The number of rotatable bonds is 4. The molecule has 0 N–H and O–H groups in total. The minimum absolute atomic E-state index is 1.26. The molecule has 0 bridgehead atoms. The molecular weight excluding hydrogens is 132 g/mol. The van der Waals surface area contributed by atoms with Gasteiger partial charge in [-0.05, 0) is 25.7 Å². The molecule has 0 saturated heterocycles. The summed E-state index contributed by atoms with van der Waals surface area (Å²) in [4.78, 5) is 0. The molecule has 0 nitrogen and oxygen atoms in total. The lowest BCUT2D eigenvalue weighted by atomic mass is 10.2. The van der Waals surface area contributed by atoms with E-state index in [9.17, 15) is 0 Å². The van der Waals surface area contributed by atoms with E-state index in [1.807, 2.05) is 0 Å². The van der Waals surface area contributed by atoms with Gasteiger partial charge in [-0.1, -0.05) is 43.6 Å². The third-order valence-electron chi connectivity index (χ3n) is 2.13. The third-order valence-corrected chi connectivity index (χ3v) is 2.13. The number of allylic oxidation sites excluding steroid dienone is 4. The van der Waals surface area contributed by atoms with Crippen molar-refractivity contribution in [2.24, 2.45) is 0 Å². The zero-order valence-corrected chi connectivity index (χ0v) is 7.47. The standard InChI is InChI=1S/C11H18/c1-2-3-4-5-8-11-9-6-7-10-11/h5,8-9H,2-4,6-7,10H2,1H3. The first-order valence-electron chi connectivity index (χ1n) is 4.79. The zero-order valence-electron chi connectivity index (χ0n) is 7.47. The van der Waals surface area contributed by atoms with Gasteiger partial charge >= 0.3 is 0 Å². The van der Waals surface area contributed by atoms with Gasteiger partial charge in [0.25, 0.3) is 0 Å². The van der Waals surface area contributed by atoms with E-state index in [1.54, 1.807) is 5.57 Å². The van der Waals surface area contributed by atoms with Crippen LogP contribution in [0.5, 0.6) is 0 Å². The van der Waals surface area contributed by atoms with Gasteiger partial charge in [0.05, 0.1) is 0 Å². The van der Waals surface area contributed by atoms with Crippen LogP contribution < -0.4 is 0 Å². The Hall–Kier alpha value is -0.520. The summed E-state index contributed by atoms with van der Waals surface area (Å²) in [5.41, 5.74) is 1.56. The van der Waals surface area contributed by atoms with Crippen LogP contribution in [0.3, 0.4) is 0 Å². The summed E-state index contributed by atoms with van der Waals surface area (Å²) < 4.78 is 0. The molecule has 0 radical (unpaired) electrons. The maximum Gasteiger partial charge on any atom is -0.0279 e. The van der Waals surface area contributed by atoms with E-state index in [0.29, 0.717) is 0 Å². The molecule has 0 aliphatic heterocycles. The Labute approximate surface area is 70.0 Å². The summed E-state index contributed by atoms with van der Waals surface area (Å²) in [7, 11) is 0. The highest BCUT2D eigenvalue weighted by molar-refractivity contribution is 5.21. The summed E-state index contributed by atoms with van der Waals surface area (Å²) in [6.45, 7) is 2.24. The average Bonchev–Trinajstić information content (AvgIpc) is 2.50. The Bertz CT molecular complexity index is 151. The molecule has 1 aliphatic rings. The van der Waals surface area contributed by atoms with Crippen molar-refractivity contribution < 1.29 is 0 Å². The molecule has 0 atom stereocenters. The van der Waals surface area contributed by atoms with Gasteiger partial charge in [-0.15, -0.1) is 0 Å². The van der Waals surface area contributed by atoms with Gasteiger partial charge in [0, 0.05) is 0 Å². The molecule has 0 spiro atoms. The lowest BCUT2D eigenvalue weighted by Gasteiger charge is -1.91. The second-order valence-corrected chi connectivity index (χ2v) is 3.22. The number of hydrogen-bond acceptors (Lipinski definition) is 0. The smallest absolute Gasteiger partial charge is 0.0279 e. The van der Waals surface area contributed by atoms with Crippen LogP contribution in [0, 0.1) is 0 Å². The molecule has 0 amide bonds. The van der Waals surface area contributed by atoms with Crippen molar-refractivity contribution in [3.63, 3.8) is 0 Å². The van der Waals surface area contributed by atoms with E-state index in [4.69, 9.17) is 0 Å². The quantitative estimate of drug-likeness (QED) is 0.534. The van der Waals surface area contributed by atoms with E-state index in [2.05, 4.69) is 25.2 Å². The summed E-state index contributed by atoms with van der Waals surface area (Å²) in [5.74, 6) is 0. The van der Waals surface area contributed by atoms with Crippen LogP contribution in [-0.2, 0) is 0 Å². The molecule has 0 aromatic heterocycles. The van der Waals surface area contributed by atoms with Gasteiger partial charge in [0.2, 0.25) is 0 Å². The van der Waals surface area contributed by atoms with Crippen molar-refractivity contribution in [1.82, 2.24) is 0 Å². The average molecular weight is 150 g/mol. The van der Waals surface area contributed by atoms with E-state index >= 15 is 0 Å². The minimum atomic E-state index is 1.26. The fraction of sp³-hybridized carbons (Fsp3) is 0.636. The van der Waals surface area contributed by atoms with Crippen molar-refractivity contribution in [2.45, 2.75) is 45.4 Å². The van der Waals surface area contributed by atoms with E-state index < -0.39 is 0 Å². The van der Waals surface area contributed by atoms with Gasteiger partial charge < -0.3 is 0 Å². The molecule has 1 aliphatic carbocycles. The first-order chi connectivity index (χ1) is 5.43. The predicted octanol–water partition coefficient (Wildman–Crippen LogP) is 3.84. The van der Waals surface area contributed by atoms with Crippen LogP contribution in [-0.4, -0.2) is 0 Å². The number of unbranched alkanes of at least 4 members (excludes halogenated alkanes) is 2. The molecule has 1 rings (SSSR count). The highest BCUT2D eigenvalue weighted by Crippen LogP contribution is 2.18. The van der Waals surface area contributed by atoms with E-state index in [-0.39, 0.29) is 0 Å². The fourth-order valence-electron chi connectivity index (χ4n) is 1.40. The lowest BCUT2D eigenvalue weighted by Crippen LogP contribution is -1.70. The normalized spacial score (nSPS) is 17.7. The zero-order chi connectivity index (χ0) is 7.94. The molecular formula is C11H18. The second-order valence-electron chi connectivity index (χ2n) is 3.22. The van der Waals surface area contributed by atoms with E-state index in [0.717, 1.165) is 0 Å². The maximum atomic E-state index is 2.36. The van der Waals surface area contributed by atoms with Crippen molar-refractivity contribution in [3.05, 3.63) is 23.8 Å². The van der Waals surface area contributed by atoms with Crippen LogP contribution >= 0.6 is 0 Å². The molecule has 0 aromatic rings. The molecule has 0 fully saturated rings. The first kappa shape index (κ1) is 8.58. The van der Waals surface area contributed by atoms with Crippen molar-refractivity contribution in [2.75, 3.05) is 0 Å². The molecule has 0 heteroatoms. The van der Waals surface area contributed by atoms with Crippen LogP contribution in [0.25, 0.3) is 0 Å². The van der Waals surface area contributed by atoms with Gasteiger partial charge in [0.1, 0.15) is 0 Å². The van der Waals surface area contributed by atoms with Crippen molar-refractivity contribution in [1.29, 1.82) is 0 Å². The Kier molecular flexibility index (Phi) is 4.03. The summed E-state index contributed by atoms with van der Waals surface area (Å²) in [6, 6.07) is 0. The Morgan fingerprint density at radius 3 is 3.09 bits per heavy atom. The van der Waals surface area contributed by atoms with Gasteiger partial charge in [0.15, 0.2) is 0 Å². The fourth-order valence-corrected chi connectivity index (χ4v) is 1.40. The van der Waals surface area contributed by atoms with Crippen molar-refractivity contribution >= 4 is 0 Å². The SMILES string of the molecule is CCCCC=CC1=CCCC1. The van der Waals surface area contributed by atoms with Crippen LogP contribution in [0.2, 0.25) is 0 Å². The number of hydrogen-bond donors (Lipinski definition) is 0. The topological polar surface area (TPSA) is 0 Å². The summed E-state index contributed by atoms with van der Waals surface area (Å²) >= 11 is 0. The molecule has 0 saturated carbocycles. The van der Waals surface area contributed by atoms with E-state index in [1.165, 1.54) is 38.5 Å². The van der Waals surface area contributed by atoms with Gasteiger partial charge in [-0.2, -0.15) is 0 Å². The Morgan fingerprint density at radius 2 is 2.45 bits per heavy atom. The van der Waals surface area contributed by atoms with Gasteiger partial charge in [-0.25, -0.2) is 0 Å². The molecule has 0 heterocycles. The van der Waals surface area contributed by atoms with Gasteiger partial charge in [-0.3, -0.25) is 0 Å². The monoisotopic (exact) mass is 150 g/mol. The third kappa shape index (κ3) is 3.41. The molecule has 62 valence electrons.